The first-order valence-electron chi connectivity index (χ1n) is 11.8. The Bertz CT molecular complexity index is 1650. The van der Waals surface area contributed by atoms with Gasteiger partial charge in [-0.1, -0.05) is 42.5 Å². The van der Waals surface area contributed by atoms with E-state index >= 15 is 0 Å². The van der Waals surface area contributed by atoms with Gasteiger partial charge in [0.05, 0.1) is 29.0 Å². The lowest BCUT2D eigenvalue weighted by molar-refractivity contribution is -0.385. The van der Waals surface area contributed by atoms with Crippen molar-refractivity contribution in [2.45, 2.75) is 26.3 Å². The summed E-state index contributed by atoms with van der Waals surface area (Å²) in [5.74, 6) is -0.264. The summed E-state index contributed by atoms with van der Waals surface area (Å²) < 4.78 is 26.3. The standard InChI is InChI=1S/C28H25N3O5S/c1-18-25(7-4-8-26(18)31(33)34)30(37(2,35)36)17-19-9-11-22(12-10-19)28(32)29-24-16-15-21-14-13-20-5-3-6-23(24)27(20)21/h3-12,15-16H,13-14,17H2,1-2H3,(H,29,32). The summed E-state index contributed by atoms with van der Waals surface area (Å²) >= 11 is 0. The van der Waals surface area contributed by atoms with E-state index in [2.05, 4.69) is 17.4 Å². The van der Waals surface area contributed by atoms with Gasteiger partial charge < -0.3 is 5.32 Å². The summed E-state index contributed by atoms with van der Waals surface area (Å²) in [6.07, 6.45) is 3.07. The van der Waals surface area contributed by atoms with E-state index in [0.29, 0.717) is 11.1 Å². The number of nitro benzene ring substituents is 1. The second kappa shape index (κ2) is 9.33. The summed E-state index contributed by atoms with van der Waals surface area (Å²) in [6, 6.07) is 21.2. The van der Waals surface area contributed by atoms with E-state index in [-0.39, 0.29) is 29.4 Å². The number of carbonyl (C=O) groups is 1. The molecule has 0 fully saturated rings. The second-order valence-corrected chi connectivity index (χ2v) is 11.1. The first kappa shape index (κ1) is 24.5. The van der Waals surface area contributed by atoms with Crippen molar-refractivity contribution < 1.29 is 18.1 Å². The molecule has 8 nitrogen and oxygen atoms in total. The molecule has 0 bridgehead atoms. The fourth-order valence-corrected chi connectivity index (χ4v) is 5.88. The van der Waals surface area contributed by atoms with Gasteiger partial charge in [0.1, 0.15) is 0 Å². The highest BCUT2D eigenvalue weighted by Gasteiger charge is 2.24. The third-order valence-corrected chi connectivity index (χ3v) is 7.94. The van der Waals surface area contributed by atoms with Crippen LogP contribution in [0.5, 0.6) is 0 Å². The summed E-state index contributed by atoms with van der Waals surface area (Å²) in [6.45, 7) is 1.50. The Hall–Kier alpha value is -4.24. The zero-order valence-corrected chi connectivity index (χ0v) is 21.2. The number of aryl methyl sites for hydroxylation is 2. The molecule has 188 valence electrons. The molecule has 0 unspecified atom stereocenters. The number of hydrogen-bond donors (Lipinski definition) is 1. The Balaban J connectivity index is 1.38. The van der Waals surface area contributed by atoms with Crippen LogP contribution in [0.4, 0.5) is 17.1 Å². The summed E-state index contributed by atoms with van der Waals surface area (Å²) in [7, 11) is -3.74. The Labute approximate surface area is 214 Å². The maximum absolute atomic E-state index is 13.0. The molecule has 0 aliphatic heterocycles. The van der Waals surface area contributed by atoms with Gasteiger partial charge in [0.2, 0.25) is 10.0 Å². The van der Waals surface area contributed by atoms with E-state index in [4.69, 9.17) is 0 Å². The molecule has 37 heavy (non-hydrogen) atoms. The molecule has 0 saturated heterocycles. The number of amides is 1. The molecule has 1 aliphatic carbocycles. The van der Waals surface area contributed by atoms with Crippen molar-refractivity contribution in [1.29, 1.82) is 0 Å². The molecule has 0 saturated carbocycles. The molecule has 4 aromatic carbocycles. The monoisotopic (exact) mass is 515 g/mol. The summed E-state index contributed by atoms with van der Waals surface area (Å²) in [5.41, 5.74) is 4.76. The first-order valence-corrected chi connectivity index (χ1v) is 13.6. The van der Waals surface area contributed by atoms with Crippen molar-refractivity contribution >= 4 is 43.8 Å². The highest BCUT2D eigenvalue weighted by atomic mass is 32.2. The number of hydrogen-bond acceptors (Lipinski definition) is 5. The van der Waals surface area contributed by atoms with Gasteiger partial charge in [-0.05, 0) is 66.1 Å². The maximum Gasteiger partial charge on any atom is 0.274 e. The molecule has 0 aromatic heterocycles. The Morgan fingerprint density at radius 3 is 2.32 bits per heavy atom. The molecule has 5 rings (SSSR count). The molecule has 1 N–H and O–H groups in total. The third kappa shape index (κ3) is 4.65. The normalized spacial score (nSPS) is 12.5. The van der Waals surface area contributed by atoms with Crippen LogP contribution in [0.15, 0.2) is 72.8 Å². The number of nitro groups is 1. The minimum atomic E-state index is -3.74. The average Bonchev–Trinajstić information content (AvgIpc) is 3.29. The minimum Gasteiger partial charge on any atom is -0.321 e. The lowest BCUT2D eigenvalue weighted by atomic mass is 10.0. The van der Waals surface area contributed by atoms with Crippen molar-refractivity contribution in [1.82, 2.24) is 0 Å². The van der Waals surface area contributed by atoms with Crippen molar-refractivity contribution in [3.8, 4) is 0 Å². The number of rotatable bonds is 7. The largest absolute Gasteiger partial charge is 0.321 e. The molecular weight excluding hydrogens is 490 g/mol. The van der Waals surface area contributed by atoms with E-state index in [9.17, 15) is 23.3 Å². The van der Waals surface area contributed by atoms with Gasteiger partial charge in [-0.15, -0.1) is 0 Å². The Kier molecular flexibility index (Phi) is 6.16. The molecular formula is C28H25N3O5S. The van der Waals surface area contributed by atoms with E-state index < -0.39 is 14.9 Å². The first-order chi connectivity index (χ1) is 17.6. The van der Waals surface area contributed by atoms with Gasteiger partial charge in [0, 0.05) is 22.7 Å². The molecule has 0 radical (unpaired) electrons. The van der Waals surface area contributed by atoms with Gasteiger partial charge in [0.15, 0.2) is 0 Å². The predicted octanol–water partition coefficient (Wildman–Crippen LogP) is 5.37. The fraction of sp³-hybridized carbons (Fsp3) is 0.179. The number of nitrogens with zero attached hydrogens (tertiary/aromatic N) is 2. The maximum atomic E-state index is 13.0. The highest BCUT2D eigenvalue weighted by Crippen LogP contribution is 2.35. The Morgan fingerprint density at radius 2 is 1.65 bits per heavy atom. The van der Waals surface area contributed by atoms with Gasteiger partial charge in [0.25, 0.3) is 11.6 Å². The van der Waals surface area contributed by atoms with Crippen molar-refractivity contribution in [3.05, 3.63) is 111 Å². The van der Waals surface area contributed by atoms with Crippen LogP contribution in [0.3, 0.4) is 0 Å². The highest BCUT2D eigenvalue weighted by molar-refractivity contribution is 7.92. The fourth-order valence-electron chi connectivity index (χ4n) is 4.94. The zero-order valence-electron chi connectivity index (χ0n) is 20.4. The SMILES string of the molecule is Cc1c(N(Cc2ccc(C(=O)Nc3ccc4c5c(cccc35)CC4)cc2)S(C)(=O)=O)cccc1[N+](=O)[O-]. The van der Waals surface area contributed by atoms with Crippen molar-refractivity contribution in [2.24, 2.45) is 0 Å². The molecule has 1 amide bonds. The zero-order chi connectivity index (χ0) is 26.3. The van der Waals surface area contributed by atoms with Crippen LogP contribution in [0.25, 0.3) is 10.8 Å². The van der Waals surface area contributed by atoms with E-state index in [0.717, 1.165) is 34.5 Å². The number of carbonyl (C=O) groups excluding carboxylic acids is 1. The number of benzene rings is 4. The van der Waals surface area contributed by atoms with Crippen LogP contribution in [-0.2, 0) is 29.4 Å². The van der Waals surface area contributed by atoms with Gasteiger partial charge in [-0.3, -0.25) is 19.2 Å². The molecule has 0 spiro atoms. The number of sulfonamides is 1. The summed E-state index contributed by atoms with van der Waals surface area (Å²) in [4.78, 5) is 23.8. The van der Waals surface area contributed by atoms with E-state index in [1.165, 1.54) is 35.6 Å². The molecule has 9 heteroatoms. The van der Waals surface area contributed by atoms with E-state index in [1.54, 1.807) is 30.3 Å². The Morgan fingerprint density at radius 1 is 0.973 bits per heavy atom. The lowest BCUT2D eigenvalue weighted by Crippen LogP contribution is -2.30. The summed E-state index contributed by atoms with van der Waals surface area (Å²) in [5, 5.41) is 16.6. The number of anilines is 2. The minimum absolute atomic E-state index is 0.0301. The molecule has 0 atom stereocenters. The van der Waals surface area contributed by atoms with Crippen LogP contribution in [-0.4, -0.2) is 25.5 Å². The molecule has 4 aromatic rings. The lowest BCUT2D eigenvalue weighted by Gasteiger charge is -2.24. The van der Waals surface area contributed by atoms with Crippen LogP contribution in [0.2, 0.25) is 0 Å². The van der Waals surface area contributed by atoms with Crippen molar-refractivity contribution in [3.63, 3.8) is 0 Å². The third-order valence-electron chi connectivity index (χ3n) is 6.81. The smallest absolute Gasteiger partial charge is 0.274 e. The van der Waals surface area contributed by atoms with Crippen LogP contribution < -0.4 is 9.62 Å². The number of nitrogens with one attached hydrogen (secondary N) is 1. The van der Waals surface area contributed by atoms with Crippen LogP contribution in [0, 0.1) is 17.0 Å². The predicted molar refractivity (Wildman–Crippen MR) is 145 cm³/mol. The van der Waals surface area contributed by atoms with Gasteiger partial charge in [-0.25, -0.2) is 8.42 Å². The van der Waals surface area contributed by atoms with Gasteiger partial charge >= 0.3 is 0 Å². The van der Waals surface area contributed by atoms with Crippen molar-refractivity contribution in [2.75, 3.05) is 15.9 Å². The molecule has 0 heterocycles. The molecule has 1 aliphatic rings. The quantitative estimate of drug-likeness (QED) is 0.263. The van der Waals surface area contributed by atoms with Crippen LogP contribution in [0.1, 0.15) is 32.6 Å². The topological polar surface area (TPSA) is 110 Å². The van der Waals surface area contributed by atoms with Crippen LogP contribution >= 0.6 is 0 Å². The van der Waals surface area contributed by atoms with Gasteiger partial charge in [-0.2, -0.15) is 0 Å². The average molecular weight is 516 g/mol. The van der Waals surface area contributed by atoms with E-state index in [1.807, 2.05) is 18.2 Å². The second-order valence-electron chi connectivity index (χ2n) is 9.21.